The van der Waals surface area contributed by atoms with Crippen LogP contribution in [0, 0.1) is 0 Å². The summed E-state index contributed by atoms with van der Waals surface area (Å²) < 4.78 is 27.6. The summed E-state index contributed by atoms with van der Waals surface area (Å²) in [5.41, 5.74) is 1.24. The molecule has 1 aromatic heterocycles. The Bertz CT molecular complexity index is 834. The minimum Gasteiger partial charge on any atom is -0.415 e. The van der Waals surface area contributed by atoms with Gasteiger partial charge >= 0.3 is 5.69 Å². The molecular weight excluding hydrogens is 462 g/mol. The minimum atomic E-state index is -2.06. The van der Waals surface area contributed by atoms with Gasteiger partial charge in [-0.2, -0.15) is 4.98 Å². The van der Waals surface area contributed by atoms with Gasteiger partial charge in [-0.15, -0.1) is 0 Å². The predicted octanol–water partition coefficient (Wildman–Crippen LogP) is 3.80. The summed E-state index contributed by atoms with van der Waals surface area (Å²) in [4.78, 5) is 21.9. The van der Waals surface area contributed by atoms with E-state index in [2.05, 4.69) is 69.4 Å². The van der Waals surface area contributed by atoms with E-state index in [0.717, 1.165) is 0 Å². The highest BCUT2D eigenvalue weighted by molar-refractivity contribution is 6.70. The van der Waals surface area contributed by atoms with Crippen LogP contribution in [0.25, 0.3) is 0 Å². The second kappa shape index (κ2) is 9.78. The number of hydrogen-bond donors (Lipinski definition) is 1. The summed E-state index contributed by atoms with van der Waals surface area (Å²) in [6.07, 6.45) is 0.192. The van der Waals surface area contributed by atoms with E-state index in [1.54, 1.807) is 12.3 Å². The Balaban J connectivity index is 2.55. The van der Waals surface area contributed by atoms with Crippen LogP contribution in [0.2, 0.25) is 58.9 Å². The molecule has 1 fully saturated rings. The van der Waals surface area contributed by atoms with Gasteiger partial charge in [-0.3, -0.25) is 9.40 Å². The Labute approximate surface area is 195 Å². The molecule has 184 valence electrons. The van der Waals surface area contributed by atoms with Gasteiger partial charge < -0.3 is 18.0 Å². The van der Waals surface area contributed by atoms with Crippen LogP contribution < -0.4 is 11.2 Å². The van der Waals surface area contributed by atoms with Gasteiger partial charge in [0.05, 0.1) is 13.7 Å². The van der Waals surface area contributed by atoms with E-state index < -0.39 is 42.5 Å². The van der Waals surface area contributed by atoms with Gasteiger partial charge in [0.1, 0.15) is 17.8 Å². The summed E-state index contributed by atoms with van der Waals surface area (Å²) in [7, 11) is -4.38. The topological polar surface area (TPSA) is 93.1 Å². The number of anilines is 1. The van der Waals surface area contributed by atoms with Crippen molar-refractivity contribution in [2.75, 3.05) is 19.2 Å². The zero-order valence-corrected chi connectivity index (χ0v) is 24.4. The molecule has 2 rings (SSSR count). The van der Waals surface area contributed by atoms with E-state index in [1.165, 1.54) is 11.7 Å². The van der Waals surface area contributed by atoms with Gasteiger partial charge in [0.15, 0.2) is 37.0 Å². The molecule has 0 bridgehead atoms. The molecule has 4 atom stereocenters. The maximum absolute atomic E-state index is 12.9. The van der Waals surface area contributed by atoms with Crippen molar-refractivity contribution in [1.82, 2.24) is 9.55 Å². The summed E-state index contributed by atoms with van der Waals surface area (Å²) in [5, 5.41) is 0. The monoisotopic (exact) mass is 503 g/mol. The highest BCUT2D eigenvalue weighted by Crippen LogP contribution is 2.45. The van der Waals surface area contributed by atoms with E-state index in [4.69, 9.17) is 22.9 Å². The molecular formula is C20H41N3O6Si3. The van der Waals surface area contributed by atoms with Crippen molar-refractivity contribution in [1.29, 1.82) is 0 Å². The van der Waals surface area contributed by atoms with Crippen LogP contribution in [-0.4, -0.2) is 66.0 Å². The molecule has 32 heavy (non-hydrogen) atoms. The molecule has 1 unspecified atom stereocenters. The van der Waals surface area contributed by atoms with E-state index in [-0.39, 0.29) is 12.2 Å². The molecule has 0 aliphatic carbocycles. The molecule has 0 spiro atoms. The highest BCUT2D eigenvalue weighted by Gasteiger charge is 2.59. The first-order valence-corrected chi connectivity index (χ1v) is 21.2. The lowest BCUT2D eigenvalue weighted by atomic mass is 9.96. The van der Waals surface area contributed by atoms with E-state index >= 15 is 0 Å². The van der Waals surface area contributed by atoms with Crippen molar-refractivity contribution in [3.05, 3.63) is 22.7 Å². The zero-order chi connectivity index (χ0) is 24.5. The molecule has 0 amide bonds. The lowest BCUT2D eigenvalue weighted by Gasteiger charge is -2.42. The molecule has 9 nitrogen and oxygen atoms in total. The van der Waals surface area contributed by atoms with Gasteiger partial charge in [-0.05, 0) is 71.9 Å². The Morgan fingerprint density at radius 2 is 1.72 bits per heavy atom. The fourth-order valence-corrected chi connectivity index (χ4v) is 7.13. The normalized spacial score (nSPS) is 27.0. The van der Waals surface area contributed by atoms with Crippen molar-refractivity contribution in [2.24, 2.45) is 0 Å². The van der Waals surface area contributed by atoms with Crippen molar-refractivity contribution < 1.29 is 22.9 Å². The second-order valence-electron chi connectivity index (χ2n) is 11.3. The molecule has 0 radical (unpaired) electrons. The maximum Gasteiger partial charge on any atom is 0.351 e. The van der Waals surface area contributed by atoms with Crippen LogP contribution in [0.1, 0.15) is 13.2 Å². The summed E-state index contributed by atoms with van der Waals surface area (Å²) in [6.45, 7) is 21.6. The molecule has 12 heteroatoms. The number of rotatable bonds is 10. The lowest BCUT2D eigenvalue weighted by Crippen LogP contribution is -2.56. The van der Waals surface area contributed by atoms with E-state index in [9.17, 15) is 4.79 Å². The standard InChI is InChI=1S/C20H41N3O6Si3/c1-20(29-32(9,10)11)17(28-31(6,7)8)15(14-26-30(3,4)5)27-18(20)23-13-12-16(22-25-2)21-19(23)24/h12-13,15,17-18H,14H2,1-11H3,(H,21,22,24)/t15-,17+,18-,20?/m1/s1. The van der Waals surface area contributed by atoms with E-state index in [0.29, 0.717) is 12.4 Å². The van der Waals surface area contributed by atoms with Crippen molar-refractivity contribution in [2.45, 2.75) is 89.9 Å². The molecule has 0 saturated carbocycles. The molecule has 1 aliphatic rings. The number of nitrogens with zero attached hydrogens (tertiary/aromatic N) is 2. The van der Waals surface area contributed by atoms with Gasteiger partial charge in [0.2, 0.25) is 0 Å². The lowest BCUT2D eigenvalue weighted by molar-refractivity contribution is -0.0859. The fraction of sp³-hybridized carbons (Fsp3) is 0.800. The van der Waals surface area contributed by atoms with Crippen LogP contribution in [0.3, 0.4) is 0 Å². The average Bonchev–Trinajstić information content (AvgIpc) is 2.82. The Morgan fingerprint density at radius 1 is 1.09 bits per heavy atom. The third-order valence-electron chi connectivity index (χ3n) is 4.67. The first kappa shape index (κ1) is 27.4. The first-order valence-electron chi connectivity index (χ1n) is 11.0. The van der Waals surface area contributed by atoms with Crippen LogP contribution in [-0.2, 0) is 22.9 Å². The molecule has 1 saturated heterocycles. The molecule has 1 aliphatic heterocycles. The number of ether oxygens (including phenoxy) is 1. The summed E-state index contributed by atoms with van der Waals surface area (Å²) in [6, 6.07) is 1.67. The second-order valence-corrected chi connectivity index (χ2v) is 24.7. The predicted molar refractivity (Wildman–Crippen MR) is 133 cm³/mol. The summed E-state index contributed by atoms with van der Waals surface area (Å²) in [5.74, 6) is 0.327. The van der Waals surface area contributed by atoms with Crippen molar-refractivity contribution in [3.8, 4) is 0 Å². The smallest absolute Gasteiger partial charge is 0.351 e. The van der Waals surface area contributed by atoms with E-state index in [1.807, 2.05) is 6.92 Å². The van der Waals surface area contributed by atoms with Crippen LogP contribution in [0.4, 0.5) is 5.82 Å². The number of nitrogens with one attached hydrogen (secondary N) is 1. The number of aromatic nitrogens is 2. The Hall–Kier alpha value is -0.869. The van der Waals surface area contributed by atoms with Gasteiger partial charge in [0.25, 0.3) is 0 Å². The first-order chi connectivity index (χ1) is 14.5. The molecule has 1 aromatic rings. The largest absolute Gasteiger partial charge is 0.415 e. The average molecular weight is 504 g/mol. The van der Waals surface area contributed by atoms with Gasteiger partial charge in [0, 0.05) is 6.20 Å². The third kappa shape index (κ3) is 7.32. The fourth-order valence-electron chi connectivity index (χ4n) is 3.78. The van der Waals surface area contributed by atoms with Crippen molar-refractivity contribution in [3.63, 3.8) is 0 Å². The number of hydrogen-bond acceptors (Lipinski definition) is 8. The maximum atomic E-state index is 12.9. The molecule has 2 heterocycles. The van der Waals surface area contributed by atoms with Crippen LogP contribution in [0.15, 0.2) is 17.1 Å². The Morgan fingerprint density at radius 3 is 2.19 bits per heavy atom. The van der Waals surface area contributed by atoms with Crippen LogP contribution in [0.5, 0.6) is 0 Å². The highest BCUT2D eigenvalue weighted by atomic mass is 28.4. The van der Waals surface area contributed by atoms with Crippen molar-refractivity contribution >= 4 is 30.8 Å². The molecule has 1 N–H and O–H groups in total. The third-order valence-corrected chi connectivity index (χ3v) is 7.72. The summed E-state index contributed by atoms with van der Waals surface area (Å²) >= 11 is 0. The van der Waals surface area contributed by atoms with Gasteiger partial charge in [-0.25, -0.2) is 10.3 Å². The van der Waals surface area contributed by atoms with Gasteiger partial charge in [-0.1, -0.05) is 0 Å². The van der Waals surface area contributed by atoms with Crippen LogP contribution >= 0.6 is 0 Å². The zero-order valence-electron chi connectivity index (χ0n) is 21.4. The SMILES string of the molecule is CONc1ccn([C@@H]2O[C@H](CO[Si](C)(C)C)[C@H](O[Si](C)(C)C)C2(C)O[Si](C)(C)C)c(=O)n1. The molecule has 0 aromatic carbocycles. The Kier molecular flexibility index (Phi) is 8.37. The quantitative estimate of drug-likeness (QED) is 0.381. The minimum absolute atomic E-state index is 0.327.